The van der Waals surface area contributed by atoms with Gasteiger partial charge in [0.25, 0.3) is 5.69 Å². The van der Waals surface area contributed by atoms with Gasteiger partial charge in [0.15, 0.2) is 0 Å². The quantitative estimate of drug-likeness (QED) is 0.662. The normalized spacial score (nSPS) is 10.2. The number of hydrogen-bond acceptors (Lipinski definition) is 5. The number of anilines is 2. The summed E-state index contributed by atoms with van der Waals surface area (Å²) in [6, 6.07) is 5.84. The van der Waals surface area contributed by atoms with Gasteiger partial charge in [-0.15, -0.1) is 0 Å². The van der Waals surface area contributed by atoms with Gasteiger partial charge >= 0.3 is 5.97 Å². The molecule has 8 heteroatoms. The molecule has 2 rings (SSSR count). The van der Waals surface area contributed by atoms with Gasteiger partial charge in [0, 0.05) is 23.5 Å². The number of carbonyl (C=O) groups is 1. The van der Waals surface area contributed by atoms with Gasteiger partial charge in [0.1, 0.15) is 5.82 Å². The lowest BCUT2D eigenvalue weighted by atomic mass is 10.2. The van der Waals surface area contributed by atoms with E-state index < -0.39 is 10.9 Å². The standard InChI is InChI=1S/C13H10ClN3O4/c1-7-2-3-8(4-11(7)17(20)21)16-12-5-9(13(18)19)10(14)6-15-12/h2-6H,1H3,(H,15,16)(H,18,19). The average Bonchev–Trinajstić information content (AvgIpc) is 2.42. The molecule has 0 unspecified atom stereocenters. The van der Waals surface area contributed by atoms with Gasteiger partial charge in [-0.25, -0.2) is 9.78 Å². The number of pyridine rings is 1. The zero-order valence-corrected chi connectivity index (χ0v) is 11.6. The van der Waals surface area contributed by atoms with Crippen LogP contribution in [-0.4, -0.2) is 21.0 Å². The molecule has 0 aliphatic heterocycles. The predicted octanol–water partition coefficient (Wildman–Crippen LogP) is 3.39. The summed E-state index contributed by atoms with van der Waals surface area (Å²) in [6.07, 6.45) is 1.20. The van der Waals surface area contributed by atoms with Crippen LogP contribution in [0.25, 0.3) is 0 Å². The number of halogens is 1. The van der Waals surface area contributed by atoms with Crippen molar-refractivity contribution in [2.24, 2.45) is 0 Å². The average molecular weight is 308 g/mol. The molecule has 1 aromatic heterocycles. The molecule has 0 saturated heterocycles. The van der Waals surface area contributed by atoms with Crippen molar-refractivity contribution in [3.05, 3.63) is 56.7 Å². The summed E-state index contributed by atoms with van der Waals surface area (Å²) in [5, 5.41) is 22.7. The molecule has 0 bridgehead atoms. The van der Waals surface area contributed by atoms with Gasteiger partial charge < -0.3 is 10.4 Å². The Morgan fingerprint density at radius 1 is 1.43 bits per heavy atom. The van der Waals surface area contributed by atoms with Crippen molar-refractivity contribution in [2.75, 3.05) is 5.32 Å². The molecule has 7 nitrogen and oxygen atoms in total. The van der Waals surface area contributed by atoms with E-state index in [0.717, 1.165) is 0 Å². The largest absolute Gasteiger partial charge is 0.478 e. The maximum atomic E-state index is 11.0. The topological polar surface area (TPSA) is 105 Å². The Balaban J connectivity index is 2.34. The zero-order chi connectivity index (χ0) is 15.6. The third kappa shape index (κ3) is 3.26. The minimum absolute atomic E-state index is 0.0166. The number of nitro groups is 1. The molecule has 108 valence electrons. The summed E-state index contributed by atoms with van der Waals surface area (Å²) in [5.41, 5.74) is 0.822. The van der Waals surface area contributed by atoms with Crippen LogP contribution in [0.1, 0.15) is 15.9 Å². The molecule has 0 aliphatic carbocycles. The minimum atomic E-state index is -1.18. The van der Waals surface area contributed by atoms with Crippen LogP contribution in [0.5, 0.6) is 0 Å². The van der Waals surface area contributed by atoms with Crippen molar-refractivity contribution in [3.8, 4) is 0 Å². The van der Waals surface area contributed by atoms with Crippen LogP contribution in [0.2, 0.25) is 5.02 Å². The van der Waals surface area contributed by atoms with Crippen LogP contribution in [0.4, 0.5) is 17.2 Å². The van der Waals surface area contributed by atoms with Gasteiger partial charge in [-0.1, -0.05) is 17.7 Å². The molecule has 1 heterocycles. The second-order valence-electron chi connectivity index (χ2n) is 4.24. The molecule has 21 heavy (non-hydrogen) atoms. The highest BCUT2D eigenvalue weighted by Crippen LogP contribution is 2.25. The number of carboxylic acids is 1. The summed E-state index contributed by atoms with van der Waals surface area (Å²) in [5.74, 6) is -0.949. The monoisotopic (exact) mass is 307 g/mol. The lowest BCUT2D eigenvalue weighted by Gasteiger charge is -2.08. The van der Waals surface area contributed by atoms with Crippen LogP contribution in [0, 0.1) is 17.0 Å². The van der Waals surface area contributed by atoms with E-state index in [2.05, 4.69) is 10.3 Å². The van der Waals surface area contributed by atoms with Gasteiger partial charge in [-0.3, -0.25) is 10.1 Å². The van der Waals surface area contributed by atoms with E-state index in [0.29, 0.717) is 11.3 Å². The number of aromatic nitrogens is 1. The molecular formula is C13H10ClN3O4. The lowest BCUT2D eigenvalue weighted by Crippen LogP contribution is -2.02. The van der Waals surface area contributed by atoms with Crippen molar-refractivity contribution in [1.29, 1.82) is 0 Å². The molecule has 0 amide bonds. The lowest BCUT2D eigenvalue weighted by molar-refractivity contribution is -0.385. The Bertz CT molecular complexity index is 672. The van der Waals surface area contributed by atoms with E-state index in [-0.39, 0.29) is 22.1 Å². The molecule has 2 N–H and O–H groups in total. The summed E-state index contributed by atoms with van der Waals surface area (Å²) in [4.78, 5) is 25.3. The molecule has 0 radical (unpaired) electrons. The Morgan fingerprint density at radius 2 is 2.14 bits per heavy atom. The SMILES string of the molecule is Cc1ccc(Nc2cc(C(=O)O)c(Cl)cn2)cc1[N+](=O)[O-]. The molecule has 2 aromatic rings. The molecule has 0 aliphatic rings. The van der Waals surface area contributed by atoms with E-state index in [1.165, 1.54) is 18.3 Å². The first kappa shape index (κ1) is 14.7. The smallest absolute Gasteiger partial charge is 0.337 e. The molecular weight excluding hydrogens is 298 g/mol. The Kier molecular flexibility index (Phi) is 4.04. The van der Waals surface area contributed by atoms with Crippen LogP contribution < -0.4 is 5.32 Å². The van der Waals surface area contributed by atoms with Crippen molar-refractivity contribution < 1.29 is 14.8 Å². The van der Waals surface area contributed by atoms with E-state index in [4.69, 9.17) is 16.7 Å². The van der Waals surface area contributed by atoms with Crippen molar-refractivity contribution in [1.82, 2.24) is 4.98 Å². The van der Waals surface area contributed by atoms with Gasteiger partial charge in [0.05, 0.1) is 15.5 Å². The summed E-state index contributed by atoms with van der Waals surface area (Å²) >= 11 is 5.72. The Morgan fingerprint density at radius 3 is 2.76 bits per heavy atom. The highest BCUT2D eigenvalue weighted by atomic mass is 35.5. The first-order chi connectivity index (χ1) is 9.88. The van der Waals surface area contributed by atoms with Crippen molar-refractivity contribution >= 4 is 34.8 Å². The van der Waals surface area contributed by atoms with Gasteiger partial charge in [0.2, 0.25) is 0 Å². The maximum absolute atomic E-state index is 11.0. The summed E-state index contributed by atoms with van der Waals surface area (Å²) in [6.45, 7) is 1.63. The third-order valence-electron chi connectivity index (χ3n) is 2.76. The van der Waals surface area contributed by atoms with Crippen LogP contribution in [0.15, 0.2) is 30.5 Å². The summed E-state index contributed by atoms with van der Waals surface area (Å²) < 4.78 is 0. The number of aryl methyl sites for hydroxylation is 1. The van der Waals surface area contributed by atoms with Crippen LogP contribution in [0.3, 0.4) is 0 Å². The number of rotatable bonds is 4. The van der Waals surface area contributed by atoms with E-state index >= 15 is 0 Å². The number of nitro benzene ring substituents is 1. The Labute approximate surface area is 124 Å². The third-order valence-corrected chi connectivity index (χ3v) is 3.07. The highest BCUT2D eigenvalue weighted by molar-refractivity contribution is 6.33. The Hall–Kier alpha value is -2.67. The number of aromatic carboxylic acids is 1. The van der Waals surface area contributed by atoms with Gasteiger partial charge in [-0.2, -0.15) is 0 Å². The number of carboxylic acid groups (broad SMARTS) is 1. The molecule has 1 aromatic carbocycles. The zero-order valence-electron chi connectivity index (χ0n) is 10.8. The fraction of sp³-hybridized carbons (Fsp3) is 0.0769. The summed E-state index contributed by atoms with van der Waals surface area (Å²) in [7, 11) is 0. The second kappa shape index (κ2) is 5.76. The number of nitrogens with one attached hydrogen (secondary N) is 1. The molecule has 0 saturated carbocycles. The molecule has 0 spiro atoms. The van der Waals surface area contributed by atoms with Crippen molar-refractivity contribution in [2.45, 2.75) is 6.92 Å². The molecule has 0 atom stereocenters. The first-order valence-electron chi connectivity index (χ1n) is 5.79. The minimum Gasteiger partial charge on any atom is -0.478 e. The van der Waals surface area contributed by atoms with E-state index in [1.54, 1.807) is 19.1 Å². The predicted molar refractivity (Wildman–Crippen MR) is 77.3 cm³/mol. The van der Waals surface area contributed by atoms with E-state index in [9.17, 15) is 14.9 Å². The fourth-order valence-electron chi connectivity index (χ4n) is 1.70. The fourth-order valence-corrected chi connectivity index (χ4v) is 1.89. The number of hydrogen-bond donors (Lipinski definition) is 2. The number of nitrogens with zero attached hydrogens (tertiary/aromatic N) is 2. The van der Waals surface area contributed by atoms with Crippen LogP contribution >= 0.6 is 11.6 Å². The van der Waals surface area contributed by atoms with E-state index in [1.807, 2.05) is 0 Å². The second-order valence-corrected chi connectivity index (χ2v) is 4.65. The number of benzene rings is 1. The first-order valence-corrected chi connectivity index (χ1v) is 6.17. The highest BCUT2D eigenvalue weighted by Gasteiger charge is 2.13. The maximum Gasteiger partial charge on any atom is 0.337 e. The van der Waals surface area contributed by atoms with Crippen molar-refractivity contribution in [3.63, 3.8) is 0 Å². The molecule has 0 fully saturated rings. The van der Waals surface area contributed by atoms with Gasteiger partial charge in [-0.05, 0) is 19.1 Å². The van der Waals surface area contributed by atoms with Crippen LogP contribution in [-0.2, 0) is 0 Å².